The lowest BCUT2D eigenvalue weighted by atomic mass is 10.0. The molecule has 0 spiro atoms. The molecule has 2 amide bonds. The summed E-state index contributed by atoms with van der Waals surface area (Å²) in [7, 11) is 4.74. The fraction of sp³-hybridized carbons (Fsp3) is 0.417. The molecule has 0 unspecified atom stereocenters. The Labute approximate surface area is 183 Å². The first-order valence-corrected chi connectivity index (χ1v) is 10.5. The highest BCUT2D eigenvalue weighted by molar-refractivity contribution is 5.95. The number of benzene rings is 2. The molecule has 0 atom stereocenters. The molecule has 7 heteroatoms. The van der Waals surface area contributed by atoms with Crippen molar-refractivity contribution in [2.45, 2.75) is 31.7 Å². The molecule has 2 aromatic rings. The molecule has 0 radical (unpaired) electrons. The summed E-state index contributed by atoms with van der Waals surface area (Å²) < 4.78 is 15.6. The Morgan fingerprint density at radius 2 is 1.61 bits per heavy atom. The van der Waals surface area contributed by atoms with E-state index >= 15 is 0 Å². The Bertz CT molecular complexity index is 889. The van der Waals surface area contributed by atoms with Gasteiger partial charge in [-0.25, -0.2) is 0 Å². The first kappa shape index (κ1) is 22.5. The topological polar surface area (TPSA) is 77.1 Å². The quantitative estimate of drug-likeness (QED) is 0.702. The van der Waals surface area contributed by atoms with Crippen LogP contribution in [0.15, 0.2) is 42.5 Å². The molecule has 0 saturated carbocycles. The van der Waals surface area contributed by atoms with E-state index in [1.807, 2.05) is 29.2 Å². The Kier molecular flexibility index (Phi) is 7.76. The number of carbonyl (C=O) groups excluding carboxylic acids is 2. The second kappa shape index (κ2) is 10.7. The zero-order valence-corrected chi connectivity index (χ0v) is 18.3. The van der Waals surface area contributed by atoms with Gasteiger partial charge in [0.2, 0.25) is 5.91 Å². The average Bonchev–Trinajstić information content (AvgIpc) is 2.82. The van der Waals surface area contributed by atoms with Crippen molar-refractivity contribution in [3.8, 4) is 17.2 Å². The number of methoxy groups -OCH3 is 3. The maximum atomic E-state index is 12.6. The van der Waals surface area contributed by atoms with Crippen molar-refractivity contribution in [3.63, 3.8) is 0 Å². The number of amides is 2. The first-order chi connectivity index (χ1) is 15.0. The van der Waals surface area contributed by atoms with E-state index in [9.17, 15) is 9.59 Å². The largest absolute Gasteiger partial charge is 0.497 e. The second-order valence-electron chi connectivity index (χ2n) is 7.55. The van der Waals surface area contributed by atoms with E-state index in [2.05, 4.69) is 5.32 Å². The lowest BCUT2D eigenvalue weighted by Crippen LogP contribution is -2.46. The predicted octanol–water partition coefficient (Wildman–Crippen LogP) is 3.07. The highest BCUT2D eigenvalue weighted by Crippen LogP contribution is 2.27. The Balaban J connectivity index is 1.45. The van der Waals surface area contributed by atoms with Gasteiger partial charge in [-0.2, -0.15) is 0 Å². The van der Waals surface area contributed by atoms with Crippen LogP contribution in [-0.2, 0) is 11.2 Å². The molecular formula is C24H30N2O5. The van der Waals surface area contributed by atoms with E-state index in [-0.39, 0.29) is 17.9 Å². The molecule has 0 bridgehead atoms. The van der Waals surface area contributed by atoms with E-state index in [0.717, 1.165) is 24.2 Å². The lowest BCUT2D eigenvalue weighted by molar-refractivity contribution is -0.132. The third-order valence-electron chi connectivity index (χ3n) is 5.62. The normalized spacial score (nSPS) is 14.1. The third kappa shape index (κ3) is 5.90. The van der Waals surface area contributed by atoms with Crippen molar-refractivity contribution in [1.29, 1.82) is 0 Å². The van der Waals surface area contributed by atoms with Crippen LogP contribution in [0, 0.1) is 0 Å². The molecule has 3 rings (SSSR count). The number of nitrogens with one attached hydrogen (secondary N) is 1. The number of likely N-dealkylation sites (tertiary alicyclic amines) is 1. The minimum Gasteiger partial charge on any atom is -0.497 e. The van der Waals surface area contributed by atoms with Gasteiger partial charge in [0.05, 0.1) is 21.3 Å². The SMILES string of the molecule is COc1ccc(CCC(=O)N2CCC(NC(=O)c3ccc(OC)c(OC)c3)CC2)cc1. The minimum atomic E-state index is -0.148. The monoisotopic (exact) mass is 426 g/mol. The molecule has 31 heavy (non-hydrogen) atoms. The Hall–Kier alpha value is -3.22. The molecule has 0 aliphatic carbocycles. The van der Waals surface area contributed by atoms with E-state index in [4.69, 9.17) is 14.2 Å². The first-order valence-electron chi connectivity index (χ1n) is 10.5. The van der Waals surface area contributed by atoms with Crippen LogP contribution in [0.5, 0.6) is 17.2 Å². The predicted molar refractivity (Wildman–Crippen MR) is 118 cm³/mol. The van der Waals surface area contributed by atoms with E-state index in [1.165, 1.54) is 0 Å². The summed E-state index contributed by atoms with van der Waals surface area (Å²) in [6.45, 7) is 1.30. The number of hydrogen-bond acceptors (Lipinski definition) is 5. The summed E-state index contributed by atoms with van der Waals surface area (Å²) >= 11 is 0. The molecule has 1 saturated heterocycles. The molecule has 0 aromatic heterocycles. The van der Waals surface area contributed by atoms with E-state index < -0.39 is 0 Å². The maximum absolute atomic E-state index is 12.6. The number of nitrogens with zero attached hydrogens (tertiary/aromatic N) is 1. The van der Waals surface area contributed by atoms with Gasteiger partial charge in [0.25, 0.3) is 5.91 Å². The smallest absolute Gasteiger partial charge is 0.251 e. The van der Waals surface area contributed by atoms with Gasteiger partial charge in [-0.3, -0.25) is 9.59 Å². The second-order valence-corrected chi connectivity index (χ2v) is 7.55. The highest BCUT2D eigenvalue weighted by Gasteiger charge is 2.24. The van der Waals surface area contributed by atoms with Gasteiger partial charge < -0.3 is 24.4 Å². The summed E-state index contributed by atoms with van der Waals surface area (Å²) in [4.78, 5) is 27.1. The van der Waals surface area contributed by atoms with Gasteiger partial charge in [-0.05, 0) is 55.2 Å². The van der Waals surface area contributed by atoms with Crippen LogP contribution in [0.2, 0.25) is 0 Å². The van der Waals surface area contributed by atoms with Crippen LogP contribution in [0.4, 0.5) is 0 Å². The lowest BCUT2D eigenvalue weighted by Gasteiger charge is -2.32. The van der Waals surface area contributed by atoms with Gasteiger partial charge in [0.15, 0.2) is 11.5 Å². The van der Waals surface area contributed by atoms with Crippen molar-refractivity contribution >= 4 is 11.8 Å². The maximum Gasteiger partial charge on any atom is 0.251 e. The molecule has 1 N–H and O–H groups in total. The Morgan fingerprint density at radius 1 is 0.935 bits per heavy atom. The van der Waals surface area contributed by atoms with Crippen molar-refractivity contribution in [2.75, 3.05) is 34.4 Å². The fourth-order valence-electron chi connectivity index (χ4n) is 3.72. The molecule has 7 nitrogen and oxygen atoms in total. The van der Waals surface area contributed by atoms with Crippen LogP contribution in [0.25, 0.3) is 0 Å². The van der Waals surface area contributed by atoms with Crippen molar-refractivity contribution in [1.82, 2.24) is 10.2 Å². The van der Waals surface area contributed by atoms with Crippen LogP contribution in [-0.4, -0.2) is 57.2 Å². The molecule has 1 aliphatic heterocycles. The molecule has 1 fully saturated rings. The summed E-state index contributed by atoms with van der Waals surface area (Å²) in [5.41, 5.74) is 1.64. The van der Waals surface area contributed by atoms with E-state index in [1.54, 1.807) is 39.5 Å². The number of carbonyl (C=O) groups is 2. The number of rotatable bonds is 8. The molecule has 2 aromatic carbocycles. The summed E-state index contributed by atoms with van der Waals surface area (Å²) in [5, 5.41) is 3.07. The number of hydrogen-bond donors (Lipinski definition) is 1. The van der Waals surface area contributed by atoms with Gasteiger partial charge in [0, 0.05) is 31.1 Å². The summed E-state index contributed by atoms with van der Waals surface area (Å²) in [5.74, 6) is 1.92. The number of piperidine rings is 1. The minimum absolute atomic E-state index is 0.0474. The van der Waals surface area contributed by atoms with Gasteiger partial charge >= 0.3 is 0 Å². The van der Waals surface area contributed by atoms with Crippen LogP contribution < -0.4 is 19.5 Å². The zero-order chi connectivity index (χ0) is 22.2. The third-order valence-corrected chi connectivity index (χ3v) is 5.62. The highest BCUT2D eigenvalue weighted by atomic mass is 16.5. The van der Waals surface area contributed by atoms with Crippen molar-refractivity contribution in [3.05, 3.63) is 53.6 Å². The van der Waals surface area contributed by atoms with Gasteiger partial charge in [0.1, 0.15) is 5.75 Å². The molecule has 1 aliphatic rings. The number of ether oxygens (including phenoxy) is 3. The number of aryl methyl sites for hydroxylation is 1. The van der Waals surface area contributed by atoms with Crippen LogP contribution >= 0.6 is 0 Å². The van der Waals surface area contributed by atoms with Gasteiger partial charge in [-0.15, -0.1) is 0 Å². The van der Waals surface area contributed by atoms with Crippen LogP contribution in [0.3, 0.4) is 0 Å². The van der Waals surface area contributed by atoms with Crippen molar-refractivity contribution in [2.24, 2.45) is 0 Å². The summed E-state index contributed by atoms with van der Waals surface area (Å²) in [6, 6.07) is 13.0. The Morgan fingerprint density at radius 3 is 2.23 bits per heavy atom. The van der Waals surface area contributed by atoms with Gasteiger partial charge in [-0.1, -0.05) is 12.1 Å². The van der Waals surface area contributed by atoms with E-state index in [0.29, 0.717) is 43.0 Å². The van der Waals surface area contributed by atoms with Crippen LogP contribution in [0.1, 0.15) is 35.2 Å². The average molecular weight is 427 g/mol. The molecule has 1 heterocycles. The van der Waals surface area contributed by atoms with Crippen molar-refractivity contribution < 1.29 is 23.8 Å². The fourth-order valence-corrected chi connectivity index (χ4v) is 3.72. The molecular weight excluding hydrogens is 396 g/mol. The zero-order valence-electron chi connectivity index (χ0n) is 18.3. The molecule has 166 valence electrons. The summed E-state index contributed by atoms with van der Waals surface area (Å²) in [6.07, 6.45) is 2.68. The standard InChI is InChI=1S/C24H30N2O5/c1-29-20-8-4-17(5-9-20)6-11-23(27)26-14-12-19(13-15-26)25-24(28)18-7-10-21(30-2)22(16-18)31-3/h4-5,7-10,16,19H,6,11-15H2,1-3H3,(H,25,28).